The average Bonchev–Trinajstić information content (AvgIpc) is 2.64. The normalized spacial score (nSPS) is 21.5. The second-order valence-electron chi connectivity index (χ2n) is 3.77. The summed E-state index contributed by atoms with van der Waals surface area (Å²) in [7, 11) is 0. The summed E-state index contributed by atoms with van der Waals surface area (Å²) >= 11 is 3.43. The maximum Gasteiger partial charge on any atom is 0.128 e. The van der Waals surface area contributed by atoms with Crippen LogP contribution in [0.4, 0.5) is 4.39 Å². The van der Waals surface area contributed by atoms with Gasteiger partial charge in [0.1, 0.15) is 5.82 Å². The van der Waals surface area contributed by atoms with Gasteiger partial charge in [0.15, 0.2) is 0 Å². The Labute approximate surface area is 91.8 Å². The molecule has 1 nitrogen and oxygen atoms in total. The van der Waals surface area contributed by atoms with Gasteiger partial charge in [0.25, 0.3) is 0 Å². The van der Waals surface area contributed by atoms with Crippen LogP contribution in [0.3, 0.4) is 0 Å². The van der Waals surface area contributed by atoms with Crippen molar-refractivity contribution in [2.45, 2.75) is 25.8 Å². The molecule has 14 heavy (non-hydrogen) atoms. The Balaban J connectivity index is 2.37. The molecule has 1 unspecified atom stereocenters. The number of hydrogen-bond acceptors (Lipinski definition) is 1. The lowest BCUT2D eigenvalue weighted by molar-refractivity contribution is 0.557. The number of benzene rings is 1. The third-order valence-electron chi connectivity index (χ3n) is 2.71. The van der Waals surface area contributed by atoms with Gasteiger partial charge in [-0.2, -0.15) is 0 Å². The molecule has 1 aromatic carbocycles. The zero-order chi connectivity index (χ0) is 10.1. The predicted molar refractivity (Wildman–Crippen MR) is 58.8 cm³/mol. The van der Waals surface area contributed by atoms with E-state index in [9.17, 15) is 4.39 Å². The van der Waals surface area contributed by atoms with Crippen molar-refractivity contribution < 1.29 is 4.39 Å². The monoisotopic (exact) mass is 257 g/mol. The fourth-order valence-electron chi connectivity index (χ4n) is 1.88. The minimum atomic E-state index is -0.0925. The van der Waals surface area contributed by atoms with E-state index in [1.54, 1.807) is 6.07 Å². The van der Waals surface area contributed by atoms with Crippen LogP contribution in [0, 0.1) is 12.7 Å². The topological polar surface area (TPSA) is 12.0 Å². The molecule has 1 aliphatic heterocycles. The highest BCUT2D eigenvalue weighted by Gasteiger charge is 2.20. The van der Waals surface area contributed by atoms with Crippen LogP contribution >= 0.6 is 15.9 Å². The minimum Gasteiger partial charge on any atom is -0.310 e. The van der Waals surface area contributed by atoms with Crippen LogP contribution in [-0.4, -0.2) is 6.54 Å². The van der Waals surface area contributed by atoms with E-state index in [2.05, 4.69) is 21.2 Å². The molecule has 76 valence electrons. The summed E-state index contributed by atoms with van der Waals surface area (Å²) in [5.41, 5.74) is 1.74. The zero-order valence-corrected chi connectivity index (χ0v) is 9.70. The third kappa shape index (κ3) is 1.84. The van der Waals surface area contributed by atoms with Crippen LogP contribution in [-0.2, 0) is 0 Å². The van der Waals surface area contributed by atoms with Crippen molar-refractivity contribution in [1.29, 1.82) is 0 Å². The van der Waals surface area contributed by atoms with Crippen molar-refractivity contribution in [2.75, 3.05) is 6.54 Å². The molecule has 0 aliphatic carbocycles. The van der Waals surface area contributed by atoms with Gasteiger partial charge in [0.05, 0.1) is 0 Å². The van der Waals surface area contributed by atoms with Gasteiger partial charge in [0.2, 0.25) is 0 Å². The number of hydrogen-bond donors (Lipinski definition) is 1. The lowest BCUT2D eigenvalue weighted by Gasteiger charge is -2.13. The summed E-state index contributed by atoms with van der Waals surface area (Å²) in [5, 5.41) is 3.30. The first-order valence-corrected chi connectivity index (χ1v) is 5.66. The number of nitrogens with one attached hydrogen (secondary N) is 1. The Morgan fingerprint density at radius 1 is 1.50 bits per heavy atom. The molecule has 1 heterocycles. The molecule has 0 saturated carbocycles. The third-order valence-corrected chi connectivity index (χ3v) is 3.57. The van der Waals surface area contributed by atoms with Gasteiger partial charge in [-0.05, 0) is 44.0 Å². The van der Waals surface area contributed by atoms with Crippen molar-refractivity contribution in [2.24, 2.45) is 0 Å². The van der Waals surface area contributed by atoms with Crippen molar-refractivity contribution >= 4 is 15.9 Å². The van der Waals surface area contributed by atoms with Crippen molar-refractivity contribution in [1.82, 2.24) is 5.32 Å². The Hall–Kier alpha value is -0.410. The van der Waals surface area contributed by atoms with Crippen LogP contribution in [0.5, 0.6) is 0 Å². The van der Waals surface area contributed by atoms with Crippen molar-refractivity contribution in [3.8, 4) is 0 Å². The van der Waals surface area contributed by atoms with Crippen LogP contribution in [0.25, 0.3) is 0 Å². The van der Waals surface area contributed by atoms with E-state index in [-0.39, 0.29) is 11.9 Å². The lowest BCUT2D eigenvalue weighted by Crippen LogP contribution is -2.14. The lowest BCUT2D eigenvalue weighted by atomic mass is 10.0. The van der Waals surface area contributed by atoms with E-state index in [0.29, 0.717) is 0 Å². The molecule has 0 spiro atoms. The van der Waals surface area contributed by atoms with E-state index >= 15 is 0 Å². The van der Waals surface area contributed by atoms with Crippen molar-refractivity contribution in [3.05, 3.63) is 33.5 Å². The molecule has 0 bridgehead atoms. The number of rotatable bonds is 1. The van der Waals surface area contributed by atoms with Gasteiger partial charge < -0.3 is 5.32 Å². The fourth-order valence-corrected chi connectivity index (χ4v) is 2.24. The fraction of sp³-hybridized carbons (Fsp3) is 0.455. The molecule has 0 aromatic heterocycles. The summed E-state index contributed by atoms with van der Waals surface area (Å²) in [6.07, 6.45) is 2.17. The van der Waals surface area contributed by atoms with Gasteiger partial charge in [0, 0.05) is 16.1 Å². The molecular weight excluding hydrogens is 245 g/mol. The highest BCUT2D eigenvalue weighted by Crippen LogP contribution is 2.29. The summed E-state index contributed by atoms with van der Waals surface area (Å²) in [4.78, 5) is 0. The van der Waals surface area contributed by atoms with E-state index in [0.717, 1.165) is 35.0 Å². The maximum absolute atomic E-state index is 13.6. The molecule has 2 rings (SSSR count). The van der Waals surface area contributed by atoms with Gasteiger partial charge in [-0.25, -0.2) is 4.39 Å². The predicted octanol–water partition coefficient (Wildman–Crippen LogP) is 3.32. The van der Waals surface area contributed by atoms with Crippen LogP contribution < -0.4 is 5.32 Å². The van der Waals surface area contributed by atoms with Crippen LogP contribution in [0.1, 0.15) is 30.0 Å². The number of aryl methyl sites for hydroxylation is 1. The quantitative estimate of drug-likeness (QED) is 0.814. The SMILES string of the molecule is Cc1cc(F)c(C2CCCN2)cc1Br. The molecule has 0 radical (unpaired) electrons. The standard InChI is InChI=1S/C11H13BrFN/c1-7-5-10(13)8(6-9(7)12)11-3-2-4-14-11/h5-6,11,14H,2-4H2,1H3. The zero-order valence-electron chi connectivity index (χ0n) is 8.11. The van der Waals surface area contributed by atoms with Crippen molar-refractivity contribution in [3.63, 3.8) is 0 Å². The second kappa shape index (κ2) is 3.99. The Morgan fingerprint density at radius 3 is 2.93 bits per heavy atom. The summed E-state index contributed by atoms with van der Waals surface area (Å²) in [6, 6.07) is 3.69. The molecule has 1 saturated heterocycles. The van der Waals surface area contributed by atoms with E-state index in [4.69, 9.17) is 0 Å². The van der Waals surface area contributed by atoms with E-state index in [1.807, 2.05) is 13.0 Å². The highest BCUT2D eigenvalue weighted by molar-refractivity contribution is 9.10. The molecule has 0 amide bonds. The first-order valence-electron chi connectivity index (χ1n) is 4.87. The Morgan fingerprint density at radius 2 is 2.29 bits per heavy atom. The summed E-state index contributed by atoms with van der Waals surface area (Å²) < 4.78 is 14.6. The molecule has 1 N–H and O–H groups in total. The molecule has 1 atom stereocenters. The first kappa shape index (κ1) is 10.1. The van der Waals surface area contributed by atoms with E-state index in [1.165, 1.54) is 0 Å². The van der Waals surface area contributed by atoms with Gasteiger partial charge in [-0.1, -0.05) is 15.9 Å². The molecule has 3 heteroatoms. The Kier molecular flexibility index (Phi) is 2.88. The smallest absolute Gasteiger partial charge is 0.128 e. The largest absolute Gasteiger partial charge is 0.310 e. The van der Waals surface area contributed by atoms with Crippen LogP contribution in [0.15, 0.2) is 16.6 Å². The van der Waals surface area contributed by atoms with Crippen LogP contribution in [0.2, 0.25) is 0 Å². The average molecular weight is 258 g/mol. The molecule has 1 aromatic rings. The highest BCUT2D eigenvalue weighted by atomic mass is 79.9. The van der Waals surface area contributed by atoms with Gasteiger partial charge >= 0.3 is 0 Å². The maximum atomic E-state index is 13.6. The number of halogens is 2. The van der Waals surface area contributed by atoms with Gasteiger partial charge in [-0.15, -0.1) is 0 Å². The van der Waals surface area contributed by atoms with E-state index < -0.39 is 0 Å². The molecular formula is C11H13BrFN. The Bertz CT molecular complexity index is 345. The molecule has 1 fully saturated rings. The molecule has 1 aliphatic rings. The summed E-state index contributed by atoms with van der Waals surface area (Å²) in [5.74, 6) is -0.0925. The van der Waals surface area contributed by atoms with Gasteiger partial charge in [-0.3, -0.25) is 0 Å². The minimum absolute atomic E-state index is 0.0925. The summed E-state index contributed by atoms with van der Waals surface area (Å²) in [6.45, 7) is 2.90. The second-order valence-corrected chi connectivity index (χ2v) is 4.63. The first-order chi connectivity index (χ1) is 6.68.